The molecule has 0 fully saturated rings. The zero-order valence-corrected chi connectivity index (χ0v) is 17.9. The first-order chi connectivity index (χ1) is 14.4. The number of nitrogens with zero attached hydrogens (tertiary/aromatic N) is 1. The average molecular weight is 437 g/mol. The Bertz CT molecular complexity index is 1200. The highest BCUT2D eigenvalue weighted by Gasteiger charge is 2.40. The van der Waals surface area contributed by atoms with Crippen LogP contribution in [0.2, 0.25) is 10.0 Å². The van der Waals surface area contributed by atoms with Crippen molar-refractivity contribution in [2.75, 3.05) is 10.2 Å². The minimum Gasteiger partial charge on any atom is -0.350 e. The molecule has 1 aliphatic heterocycles. The van der Waals surface area contributed by atoms with E-state index in [1.54, 1.807) is 36.4 Å². The Morgan fingerprint density at radius 3 is 2.03 bits per heavy atom. The molecule has 0 spiro atoms. The minimum atomic E-state index is -0.449. The first kappa shape index (κ1) is 20.2. The molecule has 2 amide bonds. The molecule has 0 bridgehead atoms. The van der Waals surface area contributed by atoms with Crippen LogP contribution >= 0.6 is 23.2 Å². The maximum atomic E-state index is 13.4. The predicted molar refractivity (Wildman–Crippen MR) is 122 cm³/mol. The molecule has 30 heavy (non-hydrogen) atoms. The van der Waals surface area contributed by atoms with Gasteiger partial charge >= 0.3 is 0 Å². The number of carbonyl (C=O) groups excluding carboxylic acids is 2. The summed E-state index contributed by atoms with van der Waals surface area (Å²) < 4.78 is 0. The fraction of sp³-hybridized carbons (Fsp3) is 0.0833. The molecular formula is C24H18Cl2N2O2. The van der Waals surface area contributed by atoms with E-state index in [9.17, 15) is 9.59 Å². The molecule has 0 radical (unpaired) electrons. The van der Waals surface area contributed by atoms with Crippen molar-refractivity contribution in [2.45, 2.75) is 13.8 Å². The van der Waals surface area contributed by atoms with Gasteiger partial charge < -0.3 is 5.32 Å². The highest BCUT2D eigenvalue weighted by Crippen LogP contribution is 2.35. The standard InChI is InChI=1S/C24H18Cl2N2O2/c1-14-8-10-17(12-19(14)25)27-22-21(16-6-4-3-5-7-16)23(29)28(24(22)30)18-11-9-15(2)20(26)13-18/h3-13,27H,1-2H3. The van der Waals surface area contributed by atoms with E-state index in [-0.39, 0.29) is 5.70 Å². The number of rotatable bonds is 4. The molecule has 3 aromatic rings. The van der Waals surface area contributed by atoms with Crippen molar-refractivity contribution in [2.24, 2.45) is 0 Å². The normalized spacial score (nSPS) is 13.9. The van der Waals surface area contributed by atoms with Crippen LogP contribution in [0.25, 0.3) is 5.57 Å². The van der Waals surface area contributed by atoms with Gasteiger partial charge in [0.2, 0.25) is 0 Å². The number of hydrogen-bond donors (Lipinski definition) is 1. The molecule has 4 nitrogen and oxygen atoms in total. The molecule has 3 aromatic carbocycles. The molecular weight excluding hydrogens is 419 g/mol. The Morgan fingerprint density at radius 2 is 1.40 bits per heavy atom. The number of hydrogen-bond acceptors (Lipinski definition) is 3. The third-order valence-electron chi connectivity index (χ3n) is 5.00. The van der Waals surface area contributed by atoms with E-state index < -0.39 is 11.8 Å². The molecule has 6 heteroatoms. The number of aryl methyl sites for hydroxylation is 2. The van der Waals surface area contributed by atoms with Crippen LogP contribution in [0.3, 0.4) is 0 Å². The molecule has 1 aliphatic rings. The van der Waals surface area contributed by atoms with E-state index in [1.165, 1.54) is 0 Å². The van der Waals surface area contributed by atoms with Gasteiger partial charge in [0.05, 0.1) is 11.3 Å². The lowest BCUT2D eigenvalue weighted by Gasteiger charge is -2.16. The smallest absolute Gasteiger partial charge is 0.282 e. The first-order valence-electron chi connectivity index (χ1n) is 9.34. The van der Waals surface area contributed by atoms with Gasteiger partial charge in [-0.25, -0.2) is 4.90 Å². The summed E-state index contributed by atoms with van der Waals surface area (Å²) in [5.41, 5.74) is 3.98. The van der Waals surface area contributed by atoms with Crippen LogP contribution in [-0.4, -0.2) is 11.8 Å². The van der Waals surface area contributed by atoms with Gasteiger partial charge in [0.25, 0.3) is 11.8 Å². The van der Waals surface area contributed by atoms with Gasteiger partial charge in [-0.3, -0.25) is 9.59 Å². The Hall–Kier alpha value is -3.08. The number of nitrogens with one attached hydrogen (secondary N) is 1. The monoisotopic (exact) mass is 436 g/mol. The van der Waals surface area contributed by atoms with Crippen molar-refractivity contribution >= 4 is 52.0 Å². The Labute approximate surface area is 184 Å². The van der Waals surface area contributed by atoms with E-state index in [0.717, 1.165) is 16.0 Å². The maximum absolute atomic E-state index is 13.4. The Morgan fingerprint density at radius 1 is 0.767 bits per heavy atom. The molecule has 0 unspecified atom stereocenters. The fourth-order valence-corrected chi connectivity index (χ4v) is 3.64. The van der Waals surface area contributed by atoms with Crippen LogP contribution in [0.1, 0.15) is 16.7 Å². The second kappa shape index (κ2) is 7.98. The van der Waals surface area contributed by atoms with E-state index in [0.29, 0.717) is 32.6 Å². The van der Waals surface area contributed by atoms with Crippen LogP contribution < -0.4 is 10.2 Å². The Balaban J connectivity index is 1.82. The molecule has 4 rings (SSSR count). The van der Waals surface area contributed by atoms with Crippen LogP contribution in [-0.2, 0) is 9.59 Å². The first-order valence-corrected chi connectivity index (χ1v) is 10.1. The van der Waals surface area contributed by atoms with E-state index in [2.05, 4.69) is 5.32 Å². The van der Waals surface area contributed by atoms with Crippen molar-refractivity contribution < 1.29 is 9.59 Å². The highest BCUT2D eigenvalue weighted by atomic mass is 35.5. The lowest BCUT2D eigenvalue weighted by Crippen LogP contribution is -2.32. The summed E-state index contributed by atoms with van der Waals surface area (Å²) in [6.45, 7) is 3.76. The van der Waals surface area contributed by atoms with Crippen LogP contribution in [0.4, 0.5) is 11.4 Å². The topological polar surface area (TPSA) is 49.4 Å². The molecule has 0 saturated heterocycles. The summed E-state index contributed by atoms with van der Waals surface area (Å²) in [5.74, 6) is -0.859. The molecule has 0 atom stereocenters. The van der Waals surface area contributed by atoms with Crippen molar-refractivity contribution in [3.05, 3.63) is 99.2 Å². The summed E-state index contributed by atoms with van der Waals surface area (Å²) in [6, 6.07) is 19.6. The minimum absolute atomic E-state index is 0.197. The van der Waals surface area contributed by atoms with E-state index >= 15 is 0 Å². The van der Waals surface area contributed by atoms with Crippen molar-refractivity contribution in [3.8, 4) is 0 Å². The number of imide groups is 1. The number of halogens is 2. The lowest BCUT2D eigenvalue weighted by atomic mass is 10.0. The second-order valence-corrected chi connectivity index (χ2v) is 7.90. The van der Waals surface area contributed by atoms with E-state index in [1.807, 2.05) is 44.2 Å². The molecule has 150 valence electrons. The van der Waals surface area contributed by atoms with Gasteiger partial charge in [-0.1, -0.05) is 65.7 Å². The number of anilines is 2. The van der Waals surface area contributed by atoms with Crippen LogP contribution in [0.5, 0.6) is 0 Å². The third-order valence-corrected chi connectivity index (χ3v) is 5.82. The second-order valence-electron chi connectivity index (χ2n) is 7.08. The van der Waals surface area contributed by atoms with Gasteiger partial charge in [0, 0.05) is 15.7 Å². The summed E-state index contributed by atoms with van der Waals surface area (Å²) in [7, 11) is 0. The highest BCUT2D eigenvalue weighted by molar-refractivity contribution is 6.46. The Kier molecular flexibility index (Phi) is 5.37. The molecule has 0 saturated carbocycles. The van der Waals surface area contributed by atoms with Gasteiger partial charge in [-0.15, -0.1) is 0 Å². The maximum Gasteiger partial charge on any atom is 0.282 e. The third kappa shape index (κ3) is 3.60. The quantitative estimate of drug-likeness (QED) is 0.509. The number of amides is 2. The predicted octanol–water partition coefficient (Wildman–Crippen LogP) is 6.01. The fourth-order valence-electron chi connectivity index (χ4n) is 3.29. The molecule has 0 aliphatic carbocycles. The summed E-state index contributed by atoms with van der Waals surface area (Å²) in [4.78, 5) is 27.9. The van der Waals surface area contributed by atoms with Crippen molar-refractivity contribution in [1.82, 2.24) is 0 Å². The van der Waals surface area contributed by atoms with Gasteiger partial charge in [-0.2, -0.15) is 0 Å². The SMILES string of the molecule is Cc1ccc(NC2=C(c3ccccc3)C(=O)N(c3ccc(C)c(Cl)c3)C2=O)cc1Cl. The van der Waals surface area contributed by atoms with Gasteiger partial charge in [0.15, 0.2) is 0 Å². The van der Waals surface area contributed by atoms with Crippen molar-refractivity contribution in [3.63, 3.8) is 0 Å². The summed E-state index contributed by atoms with van der Waals surface area (Å²) in [6.07, 6.45) is 0. The molecule has 1 heterocycles. The van der Waals surface area contributed by atoms with Gasteiger partial charge in [0.1, 0.15) is 5.70 Å². The zero-order chi connectivity index (χ0) is 21.4. The zero-order valence-electron chi connectivity index (χ0n) is 16.4. The van der Waals surface area contributed by atoms with Gasteiger partial charge in [-0.05, 0) is 54.8 Å². The lowest BCUT2D eigenvalue weighted by molar-refractivity contribution is -0.120. The molecule has 0 aromatic heterocycles. The van der Waals surface area contributed by atoms with Crippen LogP contribution in [0, 0.1) is 13.8 Å². The summed E-state index contributed by atoms with van der Waals surface area (Å²) in [5, 5.41) is 4.17. The average Bonchev–Trinajstić information content (AvgIpc) is 2.97. The summed E-state index contributed by atoms with van der Waals surface area (Å²) >= 11 is 12.5. The van der Waals surface area contributed by atoms with Crippen molar-refractivity contribution in [1.29, 1.82) is 0 Å². The number of carbonyl (C=O) groups is 2. The van der Waals surface area contributed by atoms with E-state index in [4.69, 9.17) is 23.2 Å². The number of benzene rings is 3. The largest absolute Gasteiger partial charge is 0.350 e. The van der Waals surface area contributed by atoms with Crippen LogP contribution in [0.15, 0.2) is 72.4 Å². The molecule has 1 N–H and O–H groups in total.